The van der Waals surface area contributed by atoms with Crippen molar-refractivity contribution in [3.8, 4) is 0 Å². The van der Waals surface area contributed by atoms with Gasteiger partial charge in [0.05, 0.1) is 12.1 Å². The minimum absolute atomic E-state index is 0.118. The van der Waals surface area contributed by atoms with E-state index in [4.69, 9.17) is 5.73 Å². The molecule has 0 radical (unpaired) electrons. The average Bonchev–Trinajstić information content (AvgIpc) is 3.34. The number of benzene rings is 1. The van der Waals surface area contributed by atoms with E-state index in [1.165, 1.54) is 0 Å². The summed E-state index contributed by atoms with van der Waals surface area (Å²) in [6.07, 6.45) is 2.95. The molecule has 0 atom stereocenters. The van der Waals surface area contributed by atoms with Crippen LogP contribution in [0.4, 0.5) is 5.69 Å². The predicted octanol–water partition coefficient (Wildman–Crippen LogP) is 1.68. The van der Waals surface area contributed by atoms with Gasteiger partial charge in [-0.3, -0.25) is 24.2 Å². The number of piperidine rings is 1. The number of pyridine rings is 1. The smallest absolute Gasteiger partial charge is 0.275 e. The van der Waals surface area contributed by atoms with Crippen molar-refractivity contribution in [2.75, 3.05) is 18.4 Å². The normalized spacial score (nSPS) is 16.3. The fraction of sp³-hybridized carbons (Fsp3) is 0.318. The first-order chi connectivity index (χ1) is 15.0. The Morgan fingerprint density at radius 2 is 2.00 bits per heavy atom. The lowest BCUT2D eigenvalue weighted by Gasteiger charge is -2.30. The van der Waals surface area contributed by atoms with E-state index in [9.17, 15) is 9.59 Å². The molecule has 0 bridgehead atoms. The molecule has 9 nitrogen and oxygen atoms in total. The van der Waals surface area contributed by atoms with Crippen LogP contribution in [-0.4, -0.2) is 50.4 Å². The van der Waals surface area contributed by atoms with E-state index in [0.29, 0.717) is 38.2 Å². The van der Waals surface area contributed by atoms with Crippen LogP contribution in [-0.2, 0) is 18.4 Å². The molecule has 5 rings (SSSR count). The number of rotatable bonds is 3. The summed E-state index contributed by atoms with van der Waals surface area (Å²) in [5.74, 6) is 0.176. The molecule has 2 aliphatic rings. The Balaban J connectivity index is 1.38. The topological polar surface area (TPSA) is 118 Å². The number of fused-ring (bicyclic) bond motifs is 2. The van der Waals surface area contributed by atoms with E-state index in [1.54, 1.807) is 15.8 Å². The molecule has 3 aromatic rings. The first kappa shape index (κ1) is 19.2. The van der Waals surface area contributed by atoms with Gasteiger partial charge in [-0.25, -0.2) is 0 Å². The van der Waals surface area contributed by atoms with Crippen molar-refractivity contribution >= 4 is 34.2 Å². The predicted molar refractivity (Wildman–Crippen MR) is 117 cm³/mol. The molecule has 2 aromatic heterocycles. The molecule has 31 heavy (non-hydrogen) atoms. The van der Waals surface area contributed by atoms with Crippen LogP contribution in [0.5, 0.6) is 0 Å². The quantitative estimate of drug-likeness (QED) is 0.672. The van der Waals surface area contributed by atoms with Gasteiger partial charge in [-0.05, 0) is 37.1 Å². The van der Waals surface area contributed by atoms with Gasteiger partial charge in [-0.2, -0.15) is 5.10 Å². The van der Waals surface area contributed by atoms with Gasteiger partial charge in [0.1, 0.15) is 5.69 Å². The third-order valence-electron chi connectivity index (χ3n) is 6.02. The van der Waals surface area contributed by atoms with Crippen molar-refractivity contribution in [3.63, 3.8) is 0 Å². The van der Waals surface area contributed by atoms with Gasteiger partial charge in [-0.1, -0.05) is 6.07 Å². The number of aromatic nitrogens is 3. The van der Waals surface area contributed by atoms with Crippen molar-refractivity contribution in [1.29, 1.82) is 0 Å². The highest BCUT2D eigenvalue weighted by Gasteiger charge is 2.29. The van der Waals surface area contributed by atoms with E-state index in [-0.39, 0.29) is 17.7 Å². The van der Waals surface area contributed by atoms with E-state index < -0.39 is 0 Å². The molecule has 0 spiro atoms. The lowest BCUT2D eigenvalue weighted by Crippen LogP contribution is -2.41. The summed E-state index contributed by atoms with van der Waals surface area (Å²) in [6, 6.07) is 9.72. The Hall–Kier alpha value is -3.75. The number of nitrogens with zero attached hydrogens (tertiary/aromatic N) is 5. The molecule has 4 heterocycles. The van der Waals surface area contributed by atoms with Crippen LogP contribution in [0.1, 0.15) is 34.6 Å². The second-order valence-corrected chi connectivity index (χ2v) is 7.97. The molecule has 0 unspecified atom stereocenters. The van der Waals surface area contributed by atoms with Crippen LogP contribution in [0.15, 0.2) is 41.5 Å². The van der Waals surface area contributed by atoms with Crippen molar-refractivity contribution in [1.82, 2.24) is 19.7 Å². The highest BCUT2D eigenvalue weighted by atomic mass is 16.2. The molecule has 1 fully saturated rings. The SMILES string of the molecule is Cn1nc(C(=O)N2CCC(C(N)=O)CC2)c2ccc(NC3=NCc4cccnc43)cc21. The Morgan fingerprint density at radius 1 is 1.19 bits per heavy atom. The highest BCUT2D eigenvalue weighted by Crippen LogP contribution is 2.26. The van der Waals surface area contributed by atoms with Crippen LogP contribution in [0.25, 0.3) is 10.9 Å². The molecular weight excluding hydrogens is 394 g/mol. The number of nitrogens with one attached hydrogen (secondary N) is 1. The number of amidine groups is 1. The number of amides is 2. The van der Waals surface area contributed by atoms with Gasteiger partial charge in [0.25, 0.3) is 5.91 Å². The van der Waals surface area contributed by atoms with E-state index in [2.05, 4.69) is 20.4 Å². The summed E-state index contributed by atoms with van der Waals surface area (Å²) in [5, 5.41) is 8.63. The Kier molecular flexibility index (Phi) is 4.65. The number of aryl methyl sites for hydroxylation is 1. The van der Waals surface area contributed by atoms with Crippen molar-refractivity contribution in [2.45, 2.75) is 19.4 Å². The van der Waals surface area contributed by atoms with Crippen LogP contribution >= 0.6 is 0 Å². The van der Waals surface area contributed by atoms with Crippen LogP contribution < -0.4 is 11.1 Å². The molecule has 2 amide bonds. The lowest BCUT2D eigenvalue weighted by molar-refractivity contribution is -0.123. The summed E-state index contributed by atoms with van der Waals surface area (Å²) in [6.45, 7) is 1.64. The first-order valence-electron chi connectivity index (χ1n) is 10.3. The van der Waals surface area contributed by atoms with Gasteiger partial charge in [0, 0.05) is 48.9 Å². The fourth-order valence-electron chi connectivity index (χ4n) is 4.26. The van der Waals surface area contributed by atoms with Crippen molar-refractivity contribution in [3.05, 3.63) is 53.5 Å². The standard InChI is InChI=1S/C22H23N7O2/c1-28-17-11-15(26-21-18-14(12-25-21)3-2-8-24-18)4-5-16(17)19(27-28)22(31)29-9-6-13(7-10-29)20(23)30/h2-5,8,11,13H,6-7,9-10,12H2,1H3,(H2,23,30)(H,25,26). The maximum absolute atomic E-state index is 13.1. The minimum Gasteiger partial charge on any atom is -0.369 e. The second-order valence-electron chi connectivity index (χ2n) is 7.97. The molecular formula is C22H23N7O2. The number of primary amides is 1. The first-order valence-corrected chi connectivity index (χ1v) is 10.3. The molecule has 158 valence electrons. The summed E-state index contributed by atoms with van der Waals surface area (Å²) in [5.41, 5.74) is 9.49. The maximum atomic E-state index is 13.1. The zero-order chi connectivity index (χ0) is 21.5. The number of carbonyl (C=O) groups is 2. The van der Waals surface area contributed by atoms with E-state index in [1.807, 2.05) is 37.4 Å². The molecule has 3 N–H and O–H groups in total. The van der Waals surface area contributed by atoms with Gasteiger partial charge in [-0.15, -0.1) is 0 Å². The number of anilines is 1. The largest absolute Gasteiger partial charge is 0.369 e. The van der Waals surface area contributed by atoms with Gasteiger partial charge >= 0.3 is 0 Å². The Bertz CT molecular complexity index is 1220. The van der Waals surface area contributed by atoms with Gasteiger partial charge in [0.15, 0.2) is 11.5 Å². The fourth-order valence-corrected chi connectivity index (χ4v) is 4.26. The summed E-state index contributed by atoms with van der Waals surface area (Å²) in [7, 11) is 1.83. The van der Waals surface area contributed by atoms with Crippen LogP contribution in [0.3, 0.4) is 0 Å². The van der Waals surface area contributed by atoms with Gasteiger partial charge in [0.2, 0.25) is 5.91 Å². The molecule has 2 aliphatic heterocycles. The maximum Gasteiger partial charge on any atom is 0.275 e. The van der Waals surface area contributed by atoms with E-state index in [0.717, 1.165) is 33.7 Å². The third kappa shape index (κ3) is 3.41. The summed E-state index contributed by atoms with van der Waals surface area (Å²) in [4.78, 5) is 35.2. The molecule has 1 aromatic carbocycles. The number of hydrogen-bond acceptors (Lipinski definition) is 6. The molecule has 0 saturated carbocycles. The monoisotopic (exact) mass is 417 g/mol. The molecule has 0 aliphatic carbocycles. The van der Waals surface area contributed by atoms with Crippen LogP contribution in [0.2, 0.25) is 0 Å². The number of carbonyl (C=O) groups excluding carboxylic acids is 2. The van der Waals surface area contributed by atoms with E-state index >= 15 is 0 Å². The number of hydrogen-bond donors (Lipinski definition) is 2. The Morgan fingerprint density at radius 3 is 2.77 bits per heavy atom. The molecule has 1 saturated heterocycles. The molecule has 9 heteroatoms. The van der Waals surface area contributed by atoms with Crippen molar-refractivity contribution in [2.24, 2.45) is 23.7 Å². The third-order valence-corrected chi connectivity index (χ3v) is 6.02. The van der Waals surface area contributed by atoms with Gasteiger partial charge < -0.3 is 16.0 Å². The van der Waals surface area contributed by atoms with Crippen molar-refractivity contribution < 1.29 is 9.59 Å². The zero-order valence-corrected chi connectivity index (χ0v) is 17.2. The number of nitrogens with two attached hydrogens (primary N) is 1. The zero-order valence-electron chi connectivity index (χ0n) is 17.2. The lowest BCUT2D eigenvalue weighted by atomic mass is 9.96. The Labute approximate surface area is 179 Å². The summed E-state index contributed by atoms with van der Waals surface area (Å²) < 4.78 is 1.71. The average molecular weight is 417 g/mol. The number of likely N-dealkylation sites (tertiary alicyclic amines) is 1. The minimum atomic E-state index is -0.292. The number of aliphatic imine (C=N–C) groups is 1. The van der Waals surface area contributed by atoms with Crippen LogP contribution in [0, 0.1) is 5.92 Å². The summed E-state index contributed by atoms with van der Waals surface area (Å²) >= 11 is 0. The highest BCUT2D eigenvalue weighted by molar-refractivity contribution is 6.11. The second kappa shape index (κ2) is 7.50.